The average molecular weight is 310 g/mol. The minimum absolute atomic E-state index is 0.0293. The number of hydrogen-bond donors (Lipinski definition) is 4. The van der Waals surface area contributed by atoms with Crippen molar-refractivity contribution in [2.45, 2.75) is 31.5 Å². The molecule has 120 valence electrons. The number of nitrogens with one attached hydrogen (secondary N) is 1. The molecule has 1 aliphatic heterocycles. The molecule has 0 bridgehead atoms. The maximum atomic E-state index is 12.0. The molecule has 9 nitrogen and oxygen atoms in total. The van der Waals surface area contributed by atoms with Gasteiger partial charge in [0, 0.05) is 13.3 Å². The number of aliphatic hydroxyl groups excluding tert-OH is 2. The SMILES string of the molecule is COC[C@H]1O[C@@H](n2cc(C)c3c(=O)[nH]c(N)nc32)C(O)C1O. The lowest BCUT2D eigenvalue weighted by molar-refractivity contribution is -0.0578. The van der Waals surface area contributed by atoms with Crippen LogP contribution in [0.3, 0.4) is 0 Å². The topological polar surface area (TPSA) is 136 Å². The van der Waals surface area contributed by atoms with Crippen LogP contribution in [0.1, 0.15) is 11.8 Å². The van der Waals surface area contributed by atoms with Crippen LogP contribution in [-0.2, 0) is 9.47 Å². The van der Waals surface area contributed by atoms with Crippen LogP contribution in [0, 0.1) is 6.92 Å². The number of aromatic nitrogens is 3. The summed E-state index contributed by atoms with van der Waals surface area (Å²) >= 11 is 0. The lowest BCUT2D eigenvalue weighted by Gasteiger charge is -2.17. The summed E-state index contributed by atoms with van der Waals surface area (Å²) in [5.41, 5.74) is 6.19. The maximum absolute atomic E-state index is 12.0. The van der Waals surface area contributed by atoms with E-state index in [4.69, 9.17) is 15.2 Å². The Morgan fingerprint density at radius 2 is 2.23 bits per heavy atom. The number of hydrogen-bond acceptors (Lipinski definition) is 7. The molecular formula is C13H18N4O5. The van der Waals surface area contributed by atoms with Crippen LogP contribution in [0.4, 0.5) is 5.95 Å². The Balaban J connectivity index is 2.09. The molecular weight excluding hydrogens is 292 g/mol. The summed E-state index contributed by atoms with van der Waals surface area (Å²) in [5.74, 6) is -0.0293. The van der Waals surface area contributed by atoms with Crippen molar-refractivity contribution < 1.29 is 19.7 Å². The van der Waals surface area contributed by atoms with Crippen LogP contribution in [0.5, 0.6) is 0 Å². The number of nitrogens with two attached hydrogens (primary N) is 1. The normalized spacial score (nSPS) is 28.5. The number of nitrogen functional groups attached to an aromatic ring is 1. The number of fused-ring (bicyclic) bond motifs is 1. The van der Waals surface area contributed by atoms with E-state index in [1.165, 1.54) is 11.7 Å². The fourth-order valence-corrected chi connectivity index (χ4v) is 2.81. The molecule has 2 aromatic rings. The van der Waals surface area contributed by atoms with Crippen molar-refractivity contribution >= 4 is 17.0 Å². The predicted molar refractivity (Wildman–Crippen MR) is 77.3 cm³/mol. The summed E-state index contributed by atoms with van der Waals surface area (Å²) in [6, 6.07) is 0. The van der Waals surface area contributed by atoms with Crippen molar-refractivity contribution in [3.05, 3.63) is 22.1 Å². The van der Waals surface area contributed by atoms with Gasteiger partial charge in [-0.1, -0.05) is 0 Å². The van der Waals surface area contributed by atoms with Gasteiger partial charge in [0.15, 0.2) is 11.9 Å². The molecule has 2 unspecified atom stereocenters. The van der Waals surface area contributed by atoms with Crippen LogP contribution in [-0.4, -0.2) is 56.8 Å². The fraction of sp³-hybridized carbons (Fsp3) is 0.538. The van der Waals surface area contributed by atoms with Gasteiger partial charge in [-0.2, -0.15) is 4.98 Å². The highest BCUT2D eigenvalue weighted by Crippen LogP contribution is 2.32. The first-order chi connectivity index (χ1) is 10.4. The van der Waals surface area contributed by atoms with Crippen molar-refractivity contribution in [2.24, 2.45) is 0 Å². The number of ether oxygens (including phenoxy) is 2. The van der Waals surface area contributed by atoms with E-state index < -0.39 is 24.5 Å². The maximum Gasteiger partial charge on any atom is 0.262 e. The van der Waals surface area contributed by atoms with Crippen LogP contribution >= 0.6 is 0 Å². The molecule has 0 amide bonds. The van der Waals surface area contributed by atoms with Gasteiger partial charge in [-0.15, -0.1) is 0 Å². The van der Waals surface area contributed by atoms with E-state index in [9.17, 15) is 15.0 Å². The third-order valence-electron chi connectivity index (χ3n) is 3.83. The summed E-state index contributed by atoms with van der Waals surface area (Å²) in [7, 11) is 1.48. The zero-order valence-corrected chi connectivity index (χ0v) is 12.2. The number of aliphatic hydroxyl groups is 2. The Morgan fingerprint density at radius 3 is 2.91 bits per heavy atom. The number of nitrogens with zero attached hydrogens (tertiary/aromatic N) is 2. The van der Waals surface area contributed by atoms with Gasteiger partial charge in [0.2, 0.25) is 5.95 Å². The molecule has 1 fully saturated rings. The van der Waals surface area contributed by atoms with Crippen molar-refractivity contribution in [1.29, 1.82) is 0 Å². The molecule has 0 radical (unpaired) electrons. The highest BCUT2D eigenvalue weighted by atomic mass is 16.6. The van der Waals surface area contributed by atoms with Crippen LogP contribution in [0.25, 0.3) is 11.0 Å². The summed E-state index contributed by atoms with van der Waals surface area (Å²) < 4.78 is 12.1. The van der Waals surface area contributed by atoms with Crippen molar-refractivity contribution in [1.82, 2.24) is 14.5 Å². The molecule has 0 saturated carbocycles. The van der Waals surface area contributed by atoms with Gasteiger partial charge >= 0.3 is 0 Å². The quantitative estimate of drug-likeness (QED) is 0.564. The van der Waals surface area contributed by atoms with Gasteiger partial charge in [0.25, 0.3) is 5.56 Å². The van der Waals surface area contributed by atoms with Gasteiger partial charge < -0.3 is 30.0 Å². The van der Waals surface area contributed by atoms with E-state index in [1.54, 1.807) is 13.1 Å². The first-order valence-electron chi connectivity index (χ1n) is 6.81. The monoisotopic (exact) mass is 310 g/mol. The molecule has 0 aromatic carbocycles. The number of H-pyrrole nitrogens is 1. The molecule has 4 atom stereocenters. The Bertz CT molecular complexity index is 755. The van der Waals surface area contributed by atoms with Crippen molar-refractivity contribution in [3.63, 3.8) is 0 Å². The minimum Gasteiger partial charge on any atom is -0.387 e. The van der Waals surface area contributed by atoms with E-state index in [-0.39, 0.29) is 18.1 Å². The van der Waals surface area contributed by atoms with Gasteiger partial charge in [-0.05, 0) is 12.5 Å². The largest absolute Gasteiger partial charge is 0.387 e. The summed E-state index contributed by atoms with van der Waals surface area (Å²) in [5, 5.41) is 20.6. The molecule has 3 heterocycles. The van der Waals surface area contributed by atoms with E-state index >= 15 is 0 Å². The zero-order valence-electron chi connectivity index (χ0n) is 12.2. The first kappa shape index (κ1) is 15.0. The average Bonchev–Trinajstić information content (AvgIpc) is 2.91. The standard InChI is InChI=1S/C13H18N4O5/c1-5-3-17(10-7(5)11(20)16-13(14)15-10)12-9(19)8(18)6(22-12)4-21-2/h3,6,8-9,12,18-19H,4H2,1-2H3,(H3,14,15,16,20)/t6-,8?,9?,12-/m1/s1. The third-order valence-corrected chi connectivity index (χ3v) is 3.83. The summed E-state index contributed by atoms with van der Waals surface area (Å²) in [4.78, 5) is 18.5. The second-order valence-electron chi connectivity index (χ2n) is 5.37. The Hall–Kier alpha value is -1.94. The molecule has 9 heteroatoms. The Kier molecular flexibility index (Phi) is 3.65. The van der Waals surface area contributed by atoms with Crippen LogP contribution in [0.2, 0.25) is 0 Å². The Morgan fingerprint density at radius 1 is 1.50 bits per heavy atom. The van der Waals surface area contributed by atoms with Crippen molar-refractivity contribution in [3.8, 4) is 0 Å². The fourth-order valence-electron chi connectivity index (χ4n) is 2.81. The molecule has 0 aliphatic carbocycles. The molecule has 22 heavy (non-hydrogen) atoms. The molecule has 5 N–H and O–H groups in total. The molecule has 2 aromatic heterocycles. The van der Waals surface area contributed by atoms with E-state index in [0.717, 1.165) is 0 Å². The molecule has 1 saturated heterocycles. The second-order valence-corrected chi connectivity index (χ2v) is 5.37. The second kappa shape index (κ2) is 5.36. The highest BCUT2D eigenvalue weighted by molar-refractivity contribution is 5.80. The number of anilines is 1. The first-order valence-corrected chi connectivity index (χ1v) is 6.81. The van der Waals surface area contributed by atoms with Gasteiger partial charge in [0.05, 0.1) is 12.0 Å². The van der Waals surface area contributed by atoms with E-state index in [0.29, 0.717) is 16.6 Å². The predicted octanol–water partition coefficient (Wildman–Crippen LogP) is -1.12. The van der Waals surface area contributed by atoms with Gasteiger partial charge in [-0.3, -0.25) is 9.78 Å². The van der Waals surface area contributed by atoms with Gasteiger partial charge in [-0.25, -0.2) is 0 Å². The number of aromatic amines is 1. The lowest BCUT2D eigenvalue weighted by Crippen LogP contribution is -2.33. The van der Waals surface area contributed by atoms with Gasteiger partial charge in [0.1, 0.15) is 18.3 Å². The number of aryl methyl sites for hydroxylation is 1. The number of methoxy groups -OCH3 is 1. The lowest BCUT2D eigenvalue weighted by atomic mass is 10.1. The summed E-state index contributed by atoms with van der Waals surface area (Å²) in [6.45, 7) is 1.89. The molecule has 3 rings (SSSR count). The number of rotatable bonds is 3. The smallest absolute Gasteiger partial charge is 0.262 e. The van der Waals surface area contributed by atoms with E-state index in [1.807, 2.05) is 0 Å². The minimum atomic E-state index is -1.17. The zero-order chi connectivity index (χ0) is 16.0. The summed E-state index contributed by atoms with van der Waals surface area (Å²) in [6.07, 6.45) is -2.16. The highest BCUT2D eigenvalue weighted by Gasteiger charge is 2.44. The molecule has 0 spiro atoms. The van der Waals surface area contributed by atoms with E-state index in [2.05, 4.69) is 9.97 Å². The van der Waals surface area contributed by atoms with Crippen LogP contribution in [0.15, 0.2) is 11.0 Å². The Labute approximate surface area is 125 Å². The van der Waals surface area contributed by atoms with Crippen LogP contribution < -0.4 is 11.3 Å². The third kappa shape index (κ3) is 2.18. The van der Waals surface area contributed by atoms with Crippen molar-refractivity contribution in [2.75, 3.05) is 19.5 Å². The molecule has 1 aliphatic rings.